The van der Waals surface area contributed by atoms with Crippen molar-refractivity contribution in [3.8, 4) is 0 Å². The number of aliphatic hydroxyl groups excluding tert-OH is 1. The second-order valence-corrected chi connectivity index (χ2v) is 8.91. The average molecular weight is 456 g/mol. The highest BCUT2D eigenvalue weighted by atomic mass is 19.3. The highest BCUT2D eigenvalue weighted by Gasteiger charge is 2.37. The van der Waals surface area contributed by atoms with Gasteiger partial charge in [-0.15, -0.1) is 5.10 Å². The van der Waals surface area contributed by atoms with Gasteiger partial charge in [0.05, 0.1) is 54.4 Å². The van der Waals surface area contributed by atoms with Gasteiger partial charge in [0.2, 0.25) is 0 Å². The molecule has 2 aliphatic heterocycles. The van der Waals surface area contributed by atoms with E-state index in [1.54, 1.807) is 12.1 Å². The van der Waals surface area contributed by atoms with Gasteiger partial charge in [-0.25, -0.2) is 0 Å². The predicted octanol–water partition coefficient (Wildman–Crippen LogP) is 3.96. The van der Waals surface area contributed by atoms with Crippen LogP contribution in [0, 0.1) is 6.92 Å². The number of hydrogen-bond donors (Lipinski definition) is 2. The molecule has 2 bridgehead atoms. The van der Waals surface area contributed by atoms with Crippen LogP contribution in [0.5, 0.6) is 0 Å². The molecule has 3 aromatic rings. The molecule has 5 rings (SSSR count). The van der Waals surface area contributed by atoms with E-state index in [9.17, 15) is 8.78 Å². The lowest BCUT2D eigenvalue weighted by molar-refractivity contribution is -0.0556. The molecule has 4 heterocycles. The fraction of sp³-hybridized carbons (Fsp3) is 0.458. The maximum Gasteiger partial charge on any atom is 0.295 e. The van der Waals surface area contributed by atoms with E-state index >= 15 is 0 Å². The lowest BCUT2D eigenvalue weighted by Gasteiger charge is -2.36. The first-order chi connectivity index (χ1) is 15.9. The lowest BCUT2D eigenvalue weighted by Crippen LogP contribution is -2.45. The molecular weight excluding hydrogens is 428 g/mol. The van der Waals surface area contributed by atoms with Crippen molar-refractivity contribution in [3.63, 3.8) is 0 Å². The Hall–Kier alpha value is -2.91. The molecule has 33 heavy (non-hydrogen) atoms. The Morgan fingerprint density at radius 1 is 1.21 bits per heavy atom. The van der Waals surface area contributed by atoms with Crippen LogP contribution >= 0.6 is 0 Å². The normalized spacial score (nSPS) is 21.4. The maximum absolute atomic E-state index is 14.0. The van der Waals surface area contributed by atoms with Gasteiger partial charge in [0.15, 0.2) is 5.82 Å². The number of aliphatic hydroxyl groups is 1. The van der Waals surface area contributed by atoms with Crippen molar-refractivity contribution in [3.05, 3.63) is 53.3 Å². The van der Waals surface area contributed by atoms with Crippen LogP contribution in [0.2, 0.25) is 0 Å². The first kappa shape index (κ1) is 21.9. The molecule has 0 spiro atoms. The minimum absolute atomic E-state index is 0.220. The number of anilines is 2. The molecule has 2 unspecified atom stereocenters. The number of alkyl halides is 2. The summed E-state index contributed by atoms with van der Waals surface area (Å²) in [6.07, 6.45) is 4.10. The number of nitrogens with one attached hydrogen (secondary N) is 1. The second-order valence-electron chi connectivity index (χ2n) is 8.91. The fourth-order valence-corrected chi connectivity index (χ4v) is 4.86. The van der Waals surface area contributed by atoms with Crippen LogP contribution in [-0.2, 0) is 10.7 Å². The van der Waals surface area contributed by atoms with Crippen LogP contribution in [0.3, 0.4) is 0 Å². The molecule has 2 fully saturated rings. The Balaban J connectivity index is 1.48. The van der Waals surface area contributed by atoms with Gasteiger partial charge in [0.1, 0.15) is 6.61 Å². The van der Waals surface area contributed by atoms with Crippen molar-refractivity contribution in [2.45, 2.75) is 50.7 Å². The van der Waals surface area contributed by atoms with Gasteiger partial charge >= 0.3 is 0 Å². The van der Waals surface area contributed by atoms with Gasteiger partial charge < -0.3 is 20.1 Å². The number of aromatic nitrogens is 3. The third kappa shape index (κ3) is 4.00. The highest BCUT2D eigenvalue weighted by molar-refractivity contribution is 5.92. The molecule has 0 saturated carbocycles. The third-order valence-electron chi connectivity index (χ3n) is 6.67. The van der Waals surface area contributed by atoms with Crippen LogP contribution in [0.25, 0.3) is 10.9 Å². The zero-order valence-corrected chi connectivity index (χ0v) is 18.6. The molecule has 0 amide bonds. The van der Waals surface area contributed by atoms with Gasteiger partial charge in [0.25, 0.3) is 5.92 Å². The Labute approximate surface area is 190 Å². The molecule has 0 aliphatic carbocycles. The Bertz CT molecular complexity index is 1160. The Kier molecular flexibility index (Phi) is 5.62. The zero-order chi connectivity index (χ0) is 23.2. The summed E-state index contributed by atoms with van der Waals surface area (Å²) in [5, 5.41) is 21.8. The maximum atomic E-state index is 14.0. The van der Waals surface area contributed by atoms with Gasteiger partial charge in [-0.1, -0.05) is 18.2 Å². The van der Waals surface area contributed by atoms with E-state index in [4.69, 9.17) is 14.8 Å². The number of rotatable bonds is 6. The summed E-state index contributed by atoms with van der Waals surface area (Å²) < 4.78 is 33.7. The van der Waals surface area contributed by atoms with Crippen molar-refractivity contribution < 1.29 is 18.6 Å². The number of benzene rings is 1. The second kappa shape index (κ2) is 8.46. The molecule has 2 N–H and O–H groups in total. The van der Waals surface area contributed by atoms with Crippen molar-refractivity contribution in [2.24, 2.45) is 0 Å². The number of pyridine rings is 1. The molecule has 9 heteroatoms. The van der Waals surface area contributed by atoms with E-state index < -0.39 is 12.5 Å². The monoisotopic (exact) mass is 455 g/mol. The van der Waals surface area contributed by atoms with E-state index in [2.05, 4.69) is 26.5 Å². The number of nitrogens with zero attached hydrogens (tertiary/aromatic N) is 4. The molecule has 0 radical (unpaired) electrons. The molecule has 2 aromatic heterocycles. The summed E-state index contributed by atoms with van der Waals surface area (Å²) in [6, 6.07) is 8.55. The first-order valence-corrected chi connectivity index (χ1v) is 11.2. The minimum atomic E-state index is -3.29. The number of hydrogen-bond acceptors (Lipinski definition) is 7. The van der Waals surface area contributed by atoms with Crippen LogP contribution in [0.15, 0.2) is 36.5 Å². The molecule has 2 aliphatic rings. The van der Waals surface area contributed by atoms with Crippen molar-refractivity contribution >= 4 is 22.4 Å². The minimum Gasteiger partial charge on any atom is -0.390 e. The molecule has 174 valence electrons. The molecular formula is C24H27F2N5O2. The number of ether oxygens (including phenoxy) is 1. The quantitative estimate of drug-likeness (QED) is 0.582. The lowest BCUT2D eigenvalue weighted by atomic mass is 10.0. The summed E-state index contributed by atoms with van der Waals surface area (Å²) in [5.74, 6) is -2.74. The molecule has 3 atom stereocenters. The van der Waals surface area contributed by atoms with E-state index in [1.807, 2.05) is 20.0 Å². The SMILES string of the molecule is Cc1nnc(N[C@H](C)c2cccc(C(F)(F)CO)c2)c2cc(N3C4CCC3COC4)cnc12. The number of morpholine rings is 1. The van der Waals surface area contributed by atoms with Gasteiger partial charge in [-0.3, -0.25) is 4.98 Å². The number of halogens is 2. The van der Waals surface area contributed by atoms with Gasteiger partial charge in [0, 0.05) is 10.9 Å². The highest BCUT2D eigenvalue weighted by Crippen LogP contribution is 2.36. The Morgan fingerprint density at radius 2 is 1.97 bits per heavy atom. The number of aryl methyl sites for hydroxylation is 1. The number of fused-ring (bicyclic) bond motifs is 3. The van der Waals surface area contributed by atoms with Gasteiger partial charge in [-0.05, 0) is 44.4 Å². The first-order valence-electron chi connectivity index (χ1n) is 11.2. The fourth-order valence-electron chi connectivity index (χ4n) is 4.86. The van der Waals surface area contributed by atoms with E-state index in [1.165, 1.54) is 12.1 Å². The van der Waals surface area contributed by atoms with Crippen LogP contribution in [0.1, 0.15) is 42.6 Å². The zero-order valence-electron chi connectivity index (χ0n) is 18.6. The van der Waals surface area contributed by atoms with Crippen molar-refractivity contribution in [1.29, 1.82) is 0 Å². The molecule has 2 saturated heterocycles. The van der Waals surface area contributed by atoms with Crippen molar-refractivity contribution in [1.82, 2.24) is 15.2 Å². The summed E-state index contributed by atoms with van der Waals surface area (Å²) in [5.41, 5.74) is 2.95. The average Bonchev–Trinajstić information content (AvgIpc) is 3.08. The summed E-state index contributed by atoms with van der Waals surface area (Å²) in [6.45, 7) is 3.96. The summed E-state index contributed by atoms with van der Waals surface area (Å²) in [4.78, 5) is 7.10. The molecule has 1 aromatic carbocycles. The summed E-state index contributed by atoms with van der Waals surface area (Å²) in [7, 11) is 0. The van der Waals surface area contributed by atoms with Crippen LogP contribution < -0.4 is 10.2 Å². The third-order valence-corrected chi connectivity index (χ3v) is 6.67. The summed E-state index contributed by atoms with van der Waals surface area (Å²) >= 11 is 0. The largest absolute Gasteiger partial charge is 0.390 e. The Morgan fingerprint density at radius 3 is 2.70 bits per heavy atom. The van der Waals surface area contributed by atoms with Gasteiger partial charge in [-0.2, -0.15) is 13.9 Å². The van der Waals surface area contributed by atoms with E-state index in [-0.39, 0.29) is 11.6 Å². The van der Waals surface area contributed by atoms with Crippen LogP contribution in [-0.4, -0.2) is 52.2 Å². The van der Waals surface area contributed by atoms with E-state index in [0.717, 1.165) is 48.3 Å². The standard InChI is InChI=1S/C24H27F2N5O2/c1-14(16-4-3-5-17(8-16)24(25,26)13-32)28-23-21-9-20(10-27-22(21)15(2)29-30-23)31-18-6-7-19(31)12-33-11-18/h3-5,8-10,14,18-19,32H,6-7,11-13H2,1-2H3,(H,28,30)/t14-,18?,19?/m1/s1. The molecule has 7 nitrogen and oxygen atoms in total. The topological polar surface area (TPSA) is 83.4 Å². The van der Waals surface area contributed by atoms with E-state index in [0.29, 0.717) is 23.5 Å². The predicted molar refractivity (Wildman–Crippen MR) is 122 cm³/mol. The van der Waals surface area contributed by atoms with Crippen molar-refractivity contribution in [2.75, 3.05) is 30.0 Å². The smallest absolute Gasteiger partial charge is 0.295 e. The van der Waals surface area contributed by atoms with Crippen LogP contribution in [0.4, 0.5) is 20.3 Å².